The average molecular weight is 320 g/mol. The maximum Gasteiger partial charge on any atom is 0.341 e. The topological polar surface area (TPSA) is 116 Å². The van der Waals surface area contributed by atoms with Gasteiger partial charge in [-0.15, -0.1) is 5.10 Å². The van der Waals surface area contributed by atoms with E-state index < -0.39 is 20.3 Å². The summed E-state index contributed by atoms with van der Waals surface area (Å²) in [4.78, 5) is 26.9. The summed E-state index contributed by atoms with van der Waals surface area (Å²) in [5.41, 5.74) is -0.426. The Labute approximate surface area is 120 Å². The minimum absolute atomic E-state index is 0.0182. The number of nitrogens with zero attached hydrogens (tertiary/aromatic N) is 2. The number of rotatable bonds is 3. The summed E-state index contributed by atoms with van der Waals surface area (Å²) in [5, 5.41) is 6.24. The number of nitrogens with one attached hydrogen (secondary N) is 2. The van der Waals surface area contributed by atoms with Gasteiger partial charge in [-0.05, 0) is 13.8 Å². The highest BCUT2D eigenvalue weighted by Crippen LogP contribution is 2.24. The van der Waals surface area contributed by atoms with E-state index in [1.807, 2.05) is 0 Å². The van der Waals surface area contributed by atoms with E-state index in [1.54, 1.807) is 18.7 Å². The Balaban J connectivity index is 1.95. The SMILES string of the molecule is CC1(C)CN(C(=O)CSc2n[nH]c(=O)[nH]2)CCS1(=O)=O. The van der Waals surface area contributed by atoms with Crippen molar-refractivity contribution >= 4 is 27.5 Å². The summed E-state index contributed by atoms with van der Waals surface area (Å²) < 4.78 is 22.8. The van der Waals surface area contributed by atoms with E-state index in [-0.39, 0.29) is 30.5 Å². The first-order valence-corrected chi connectivity index (χ1v) is 8.63. The molecule has 1 saturated heterocycles. The lowest BCUT2D eigenvalue weighted by Crippen LogP contribution is -2.55. The van der Waals surface area contributed by atoms with Crippen LogP contribution in [-0.2, 0) is 14.6 Å². The number of sulfone groups is 1. The van der Waals surface area contributed by atoms with Crippen LogP contribution in [0.3, 0.4) is 0 Å². The second-order valence-corrected chi connectivity index (χ2v) is 8.87. The van der Waals surface area contributed by atoms with Gasteiger partial charge in [-0.1, -0.05) is 11.8 Å². The van der Waals surface area contributed by atoms with Crippen LogP contribution < -0.4 is 5.69 Å². The molecule has 1 amide bonds. The van der Waals surface area contributed by atoms with Crippen LogP contribution in [0.15, 0.2) is 9.95 Å². The molecule has 20 heavy (non-hydrogen) atoms. The lowest BCUT2D eigenvalue weighted by atomic mass is 10.2. The number of carbonyl (C=O) groups is 1. The van der Waals surface area contributed by atoms with Crippen molar-refractivity contribution in [2.24, 2.45) is 0 Å². The standard InChI is InChI=1S/C10H16N4O4S2/c1-10(2)6-14(3-4-20(10,17)18)7(15)5-19-9-11-8(16)12-13-9/h3-6H2,1-2H3,(H2,11,12,13,16). The first kappa shape index (κ1) is 15.1. The third-order valence-electron chi connectivity index (χ3n) is 3.21. The van der Waals surface area contributed by atoms with Crippen LogP contribution in [-0.4, -0.2) is 63.7 Å². The summed E-state index contributed by atoms with van der Waals surface area (Å²) in [6, 6.07) is 0. The van der Waals surface area contributed by atoms with Crippen molar-refractivity contribution in [1.29, 1.82) is 0 Å². The average Bonchev–Trinajstić information content (AvgIpc) is 2.76. The molecule has 0 bridgehead atoms. The lowest BCUT2D eigenvalue weighted by Gasteiger charge is -2.37. The molecule has 1 aromatic heterocycles. The van der Waals surface area contributed by atoms with Gasteiger partial charge in [0.25, 0.3) is 0 Å². The predicted molar refractivity (Wildman–Crippen MR) is 74.4 cm³/mol. The van der Waals surface area contributed by atoms with Gasteiger partial charge in [-0.3, -0.25) is 9.78 Å². The highest BCUT2D eigenvalue weighted by molar-refractivity contribution is 7.99. The van der Waals surface area contributed by atoms with Crippen LogP contribution in [0.1, 0.15) is 13.8 Å². The van der Waals surface area contributed by atoms with Gasteiger partial charge in [0.05, 0.1) is 16.3 Å². The fourth-order valence-electron chi connectivity index (χ4n) is 1.90. The van der Waals surface area contributed by atoms with Crippen molar-refractivity contribution < 1.29 is 13.2 Å². The zero-order chi connectivity index (χ0) is 15.0. The zero-order valence-electron chi connectivity index (χ0n) is 11.2. The molecular weight excluding hydrogens is 304 g/mol. The molecule has 1 aliphatic heterocycles. The summed E-state index contributed by atoms with van der Waals surface area (Å²) in [6.07, 6.45) is 0. The first-order valence-electron chi connectivity index (χ1n) is 5.99. The molecule has 1 aliphatic rings. The quantitative estimate of drug-likeness (QED) is 0.706. The van der Waals surface area contributed by atoms with E-state index in [1.165, 1.54) is 0 Å². The molecule has 2 heterocycles. The molecule has 0 aromatic carbocycles. The van der Waals surface area contributed by atoms with E-state index in [0.29, 0.717) is 5.16 Å². The maximum absolute atomic E-state index is 12.1. The molecule has 2 N–H and O–H groups in total. The Bertz CT molecular complexity index is 661. The molecule has 8 nitrogen and oxygen atoms in total. The van der Waals surface area contributed by atoms with E-state index in [2.05, 4.69) is 15.2 Å². The molecular formula is C10H16N4O4S2. The van der Waals surface area contributed by atoms with Crippen molar-refractivity contribution in [1.82, 2.24) is 20.1 Å². The van der Waals surface area contributed by atoms with Crippen LogP contribution in [0, 0.1) is 0 Å². The van der Waals surface area contributed by atoms with Crippen LogP contribution in [0.2, 0.25) is 0 Å². The first-order chi connectivity index (χ1) is 9.21. The molecule has 2 rings (SSSR count). The van der Waals surface area contributed by atoms with E-state index >= 15 is 0 Å². The van der Waals surface area contributed by atoms with Gasteiger partial charge in [-0.25, -0.2) is 18.3 Å². The highest BCUT2D eigenvalue weighted by atomic mass is 32.2. The van der Waals surface area contributed by atoms with E-state index in [0.717, 1.165) is 11.8 Å². The van der Waals surface area contributed by atoms with Gasteiger partial charge < -0.3 is 4.90 Å². The fraction of sp³-hybridized carbons (Fsp3) is 0.700. The number of carbonyl (C=O) groups excluding carboxylic acids is 1. The molecule has 0 atom stereocenters. The Hall–Kier alpha value is -1.29. The molecule has 0 saturated carbocycles. The molecule has 10 heteroatoms. The molecule has 0 radical (unpaired) electrons. The number of hydrogen-bond donors (Lipinski definition) is 2. The van der Waals surface area contributed by atoms with Crippen LogP contribution >= 0.6 is 11.8 Å². The lowest BCUT2D eigenvalue weighted by molar-refractivity contribution is -0.128. The van der Waals surface area contributed by atoms with Crippen molar-refractivity contribution in [3.8, 4) is 0 Å². The second kappa shape index (κ2) is 5.24. The molecule has 112 valence electrons. The molecule has 1 fully saturated rings. The van der Waals surface area contributed by atoms with Crippen molar-refractivity contribution in [3.05, 3.63) is 10.5 Å². The minimum atomic E-state index is -3.16. The van der Waals surface area contributed by atoms with Crippen molar-refractivity contribution in [3.63, 3.8) is 0 Å². The normalized spacial score (nSPS) is 20.8. The van der Waals surface area contributed by atoms with E-state index in [9.17, 15) is 18.0 Å². The summed E-state index contributed by atoms with van der Waals surface area (Å²) in [5.74, 6) is -0.0751. The molecule has 0 aliphatic carbocycles. The largest absolute Gasteiger partial charge is 0.341 e. The van der Waals surface area contributed by atoms with Gasteiger partial charge in [0.1, 0.15) is 0 Å². The number of aromatic nitrogens is 3. The maximum atomic E-state index is 12.1. The smallest absolute Gasteiger partial charge is 0.339 e. The predicted octanol–water partition coefficient (Wildman–Crippen LogP) is -0.774. The van der Waals surface area contributed by atoms with Crippen molar-refractivity contribution in [2.75, 3.05) is 24.6 Å². The minimum Gasteiger partial charge on any atom is -0.339 e. The monoisotopic (exact) mass is 320 g/mol. The zero-order valence-corrected chi connectivity index (χ0v) is 12.8. The highest BCUT2D eigenvalue weighted by Gasteiger charge is 2.41. The summed E-state index contributed by atoms with van der Waals surface area (Å²) in [7, 11) is -3.16. The Kier molecular flexibility index (Phi) is 3.96. The van der Waals surface area contributed by atoms with Crippen LogP contribution in [0.5, 0.6) is 0 Å². The Morgan fingerprint density at radius 3 is 2.75 bits per heavy atom. The number of amides is 1. The van der Waals surface area contributed by atoms with Gasteiger partial charge in [0, 0.05) is 13.1 Å². The third-order valence-corrected chi connectivity index (χ3v) is 6.60. The van der Waals surface area contributed by atoms with Gasteiger partial charge in [-0.2, -0.15) is 0 Å². The number of thioether (sulfide) groups is 1. The van der Waals surface area contributed by atoms with Crippen molar-refractivity contribution in [2.45, 2.75) is 23.8 Å². The number of aromatic amines is 2. The van der Waals surface area contributed by atoms with E-state index in [4.69, 9.17) is 0 Å². The molecule has 0 unspecified atom stereocenters. The number of hydrogen-bond acceptors (Lipinski definition) is 6. The molecule has 1 aromatic rings. The third kappa shape index (κ3) is 3.06. The fourth-order valence-corrected chi connectivity index (χ4v) is 3.98. The molecule has 0 spiro atoms. The summed E-state index contributed by atoms with van der Waals surface area (Å²) >= 11 is 1.10. The van der Waals surface area contributed by atoms with Gasteiger partial charge in [0.15, 0.2) is 15.0 Å². The number of H-pyrrole nitrogens is 2. The van der Waals surface area contributed by atoms with Gasteiger partial charge >= 0.3 is 5.69 Å². The Morgan fingerprint density at radius 1 is 1.50 bits per heavy atom. The Morgan fingerprint density at radius 2 is 2.20 bits per heavy atom. The summed E-state index contributed by atoms with van der Waals surface area (Å²) in [6.45, 7) is 3.65. The van der Waals surface area contributed by atoms with Gasteiger partial charge in [0.2, 0.25) is 5.91 Å². The second-order valence-electron chi connectivity index (χ2n) is 5.17. The van der Waals surface area contributed by atoms with Crippen LogP contribution in [0.25, 0.3) is 0 Å². The van der Waals surface area contributed by atoms with Crippen LogP contribution in [0.4, 0.5) is 0 Å².